The van der Waals surface area contributed by atoms with E-state index in [2.05, 4.69) is 4.98 Å². The fraction of sp³-hybridized carbons (Fsp3) is 0.333. The van der Waals surface area contributed by atoms with Crippen molar-refractivity contribution in [1.29, 1.82) is 0 Å². The monoisotopic (exact) mass is 361 g/mol. The summed E-state index contributed by atoms with van der Waals surface area (Å²) in [5.74, 6) is -0.116. The maximum absolute atomic E-state index is 12.6. The van der Waals surface area contributed by atoms with Crippen LogP contribution in [0.2, 0.25) is 0 Å². The highest BCUT2D eigenvalue weighted by atomic mass is 35.5. The molecule has 22 heavy (non-hydrogen) atoms. The number of rotatable bonds is 4. The summed E-state index contributed by atoms with van der Waals surface area (Å²) in [7, 11) is 1.76. The Bertz CT molecular complexity index is 602. The molecule has 4 nitrogen and oxygen atoms in total. The van der Waals surface area contributed by atoms with Gasteiger partial charge in [-0.3, -0.25) is 4.79 Å². The molecular weight excluding hydrogens is 341 g/mol. The quantitative estimate of drug-likeness (QED) is 0.909. The predicted octanol–water partition coefficient (Wildman–Crippen LogP) is 3.13. The number of nitrogens with zero attached hydrogens (tertiary/aromatic N) is 2. The van der Waals surface area contributed by atoms with Crippen molar-refractivity contribution in [3.05, 3.63) is 52.0 Å². The Hall–Kier alpha value is -1.14. The Morgan fingerprint density at radius 1 is 1.32 bits per heavy atom. The summed E-state index contributed by atoms with van der Waals surface area (Å²) in [5.41, 5.74) is 6.91. The van der Waals surface area contributed by atoms with Crippen LogP contribution < -0.4 is 5.73 Å². The van der Waals surface area contributed by atoms with Crippen molar-refractivity contribution in [2.24, 2.45) is 5.73 Å². The molecule has 1 amide bonds. The summed E-state index contributed by atoms with van der Waals surface area (Å²) in [6, 6.07) is 9.43. The third-order valence-corrected chi connectivity index (χ3v) is 4.05. The number of thiazole rings is 1. The molecule has 2 rings (SSSR count). The largest absolute Gasteiger partial charge is 0.338 e. The van der Waals surface area contributed by atoms with E-state index in [-0.39, 0.29) is 30.7 Å². The number of carbonyl (C=O) groups excluding carboxylic acids is 1. The molecule has 1 aromatic carbocycles. The molecule has 1 atom stereocenters. The van der Waals surface area contributed by atoms with Gasteiger partial charge in [0.05, 0.1) is 17.2 Å². The Morgan fingerprint density at radius 2 is 1.91 bits per heavy atom. The lowest BCUT2D eigenvalue weighted by Gasteiger charge is -2.29. The van der Waals surface area contributed by atoms with E-state index in [9.17, 15) is 4.79 Å². The van der Waals surface area contributed by atoms with Gasteiger partial charge in [-0.05, 0) is 19.4 Å². The SMILES string of the molecule is Cc1nc(CN(C)C(=O)C(C)(N)c2ccccc2)cs1.Cl.Cl. The number of halogens is 2. The molecule has 0 saturated heterocycles. The molecule has 122 valence electrons. The highest BCUT2D eigenvalue weighted by molar-refractivity contribution is 7.09. The van der Waals surface area contributed by atoms with Gasteiger partial charge in [0.15, 0.2) is 0 Å². The molecule has 0 aliphatic carbocycles. The number of amides is 1. The molecule has 7 heteroatoms. The van der Waals surface area contributed by atoms with Crippen molar-refractivity contribution in [3.8, 4) is 0 Å². The van der Waals surface area contributed by atoms with Gasteiger partial charge in [-0.2, -0.15) is 0 Å². The van der Waals surface area contributed by atoms with E-state index < -0.39 is 5.54 Å². The number of nitrogens with two attached hydrogens (primary N) is 1. The van der Waals surface area contributed by atoms with Gasteiger partial charge in [-0.15, -0.1) is 36.2 Å². The highest BCUT2D eigenvalue weighted by Gasteiger charge is 2.33. The van der Waals surface area contributed by atoms with Crippen LogP contribution in [0.4, 0.5) is 0 Å². The second-order valence-electron chi connectivity index (χ2n) is 5.09. The minimum Gasteiger partial charge on any atom is -0.338 e. The van der Waals surface area contributed by atoms with Gasteiger partial charge in [-0.1, -0.05) is 30.3 Å². The van der Waals surface area contributed by atoms with E-state index in [1.54, 1.807) is 30.2 Å². The maximum atomic E-state index is 12.6. The average Bonchev–Trinajstić information content (AvgIpc) is 2.84. The van der Waals surface area contributed by atoms with Crippen LogP contribution in [0, 0.1) is 6.92 Å². The van der Waals surface area contributed by atoms with E-state index >= 15 is 0 Å². The van der Waals surface area contributed by atoms with Crippen LogP contribution in [0.25, 0.3) is 0 Å². The zero-order valence-electron chi connectivity index (χ0n) is 12.8. The number of aryl methyl sites for hydroxylation is 1. The van der Waals surface area contributed by atoms with Crippen molar-refractivity contribution in [2.75, 3.05) is 7.05 Å². The normalized spacial score (nSPS) is 12.5. The van der Waals surface area contributed by atoms with E-state index in [4.69, 9.17) is 5.73 Å². The van der Waals surface area contributed by atoms with Gasteiger partial charge in [0.1, 0.15) is 5.54 Å². The van der Waals surface area contributed by atoms with E-state index in [0.29, 0.717) is 6.54 Å². The lowest BCUT2D eigenvalue weighted by Crippen LogP contribution is -2.49. The van der Waals surface area contributed by atoms with Crippen LogP contribution in [-0.4, -0.2) is 22.8 Å². The predicted molar refractivity (Wildman–Crippen MR) is 95.8 cm³/mol. The molecule has 2 N–H and O–H groups in total. The number of benzene rings is 1. The van der Waals surface area contributed by atoms with Gasteiger partial charge in [-0.25, -0.2) is 4.98 Å². The molecule has 0 radical (unpaired) electrons. The van der Waals surface area contributed by atoms with E-state index in [0.717, 1.165) is 16.3 Å². The lowest BCUT2D eigenvalue weighted by atomic mass is 9.92. The van der Waals surface area contributed by atoms with Crippen LogP contribution in [0.3, 0.4) is 0 Å². The minimum absolute atomic E-state index is 0. The fourth-order valence-corrected chi connectivity index (χ4v) is 2.70. The molecule has 0 spiro atoms. The van der Waals surface area contributed by atoms with Crippen molar-refractivity contribution in [3.63, 3.8) is 0 Å². The maximum Gasteiger partial charge on any atom is 0.247 e. The first-order chi connectivity index (χ1) is 9.41. The van der Waals surface area contributed by atoms with Crippen LogP contribution >= 0.6 is 36.2 Å². The summed E-state index contributed by atoms with van der Waals surface area (Å²) in [6.45, 7) is 4.17. The first-order valence-electron chi connectivity index (χ1n) is 6.42. The number of hydrogen-bond acceptors (Lipinski definition) is 4. The van der Waals surface area contributed by atoms with Crippen molar-refractivity contribution in [2.45, 2.75) is 25.9 Å². The van der Waals surface area contributed by atoms with Crippen molar-refractivity contribution in [1.82, 2.24) is 9.88 Å². The summed E-state index contributed by atoms with van der Waals surface area (Å²) in [6.07, 6.45) is 0. The second kappa shape index (κ2) is 8.48. The van der Waals surface area contributed by atoms with Gasteiger partial charge in [0.25, 0.3) is 0 Å². The molecular formula is C15H21Cl2N3OS. The lowest BCUT2D eigenvalue weighted by molar-refractivity contribution is -0.136. The molecule has 1 aromatic heterocycles. The van der Waals surface area contributed by atoms with Gasteiger partial charge >= 0.3 is 0 Å². The molecule has 0 saturated carbocycles. The first-order valence-corrected chi connectivity index (χ1v) is 7.30. The summed E-state index contributed by atoms with van der Waals surface area (Å²) in [5, 5.41) is 2.97. The number of hydrogen-bond donors (Lipinski definition) is 1. The summed E-state index contributed by atoms with van der Waals surface area (Å²) < 4.78 is 0. The van der Waals surface area contributed by atoms with Crippen molar-refractivity contribution < 1.29 is 4.79 Å². The number of likely N-dealkylation sites (N-methyl/N-ethyl adjacent to an activating group) is 1. The Kier molecular flexibility index (Phi) is 8.04. The van der Waals surface area contributed by atoms with Gasteiger partial charge in [0, 0.05) is 12.4 Å². The third-order valence-electron chi connectivity index (χ3n) is 3.23. The molecule has 0 aliphatic rings. The van der Waals surface area contributed by atoms with E-state index in [1.807, 2.05) is 42.6 Å². The summed E-state index contributed by atoms with van der Waals surface area (Å²) >= 11 is 1.58. The zero-order valence-corrected chi connectivity index (χ0v) is 15.2. The first kappa shape index (κ1) is 20.9. The summed E-state index contributed by atoms with van der Waals surface area (Å²) in [4.78, 5) is 18.6. The third kappa shape index (κ3) is 4.68. The van der Waals surface area contributed by atoms with Crippen molar-refractivity contribution >= 4 is 42.1 Å². The van der Waals surface area contributed by atoms with E-state index in [1.165, 1.54) is 0 Å². The zero-order chi connectivity index (χ0) is 14.8. The van der Waals surface area contributed by atoms with Crippen LogP contribution in [0.15, 0.2) is 35.7 Å². The Morgan fingerprint density at radius 3 is 2.41 bits per heavy atom. The molecule has 2 aromatic rings. The Balaban J connectivity index is 0.00000220. The van der Waals surface area contributed by atoms with Gasteiger partial charge in [0.2, 0.25) is 5.91 Å². The Labute approximate surface area is 147 Å². The molecule has 1 heterocycles. The number of aromatic nitrogens is 1. The van der Waals surface area contributed by atoms with Crippen LogP contribution in [0.5, 0.6) is 0 Å². The van der Waals surface area contributed by atoms with Crippen LogP contribution in [-0.2, 0) is 16.9 Å². The second-order valence-corrected chi connectivity index (χ2v) is 6.15. The minimum atomic E-state index is -1.03. The molecule has 0 fully saturated rings. The molecule has 0 aliphatic heterocycles. The average molecular weight is 362 g/mol. The molecule has 1 unspecified atom stereocenters. The highest BCUT2D eigenvalue weighted by Crippen LogP contribution is 2.21. The number of carbonyl (C=O) groups is 1. The fourth-order valence-electron chi connectivity index (χ4n) is 2.10. The topological polar surface area (TPSA) is 59.2 Å². The van der Waals surface area contributed by atoms with Crippen LogP contribution in [0.1, 0.15) is 23.2 Å². The van der Waals surface area contributed by atoms with Gasteiger partial charge < -0.3 is 10.6 Å². The smallest absolute Gasteiger partial charge is 0.247 e. The molecule has 0 bridgehead atoms. The standard InChI is InChI=1S/C15H19N3OS.2ClH/c1-11-17-13(10-20-11)9-18(3)14(19)15(2,16)12-7-5-4-6-8-12;;/h4-8,10H,9,16H2,1-3H3;2*1H.